The molecule has 30 heavy (non-hydrogen) atoms. The minimum atomic E-state index is -0.140. The third kappa shape index (κ3) is 9.32. The topological polar surface area (TPSA) is 52.6 Å². The van der Waals surface area contributed by atoms with E-state index in [0.717, 1.165) is 25.7 Å². The van der Waals surface area contributed by atoms with Crippen molar-refractivity contribution in [3.8, 4) is 0 Å². The molecule has 0 heterocycles. The summed E-state index contributed by atoms with van der Waals surface area (Å²) in [5, 5.41) is 0. The summed E-state index contributed by atoms with van der Waals surface area (Å²) < 4.78 is 10.8. The smallest absolute Gasteiger partial charge is 0.305 e. The predicted molar refractivity (Wildman–Crippen MR) is 122 cm³/mol. The van der Waals surface area contributed by atoms with Crippen LogP contribution in [0.1, 0.15) is 91.5 Å². The zero-order valence-corrected chi connectivity index (χ0v) is 19.9. The van der Waals surface area contributed by atoms with Crippen molar-refractivity contribution in [3.63, 3.8) is 0 Å². The molecule has 0 saturated heterocycles. The highest BCUT2D eigenvalue weighted by Gasteiger charge is 2.32. The van der Waals surface area contributed by atoms with Gasteiger partial charge in [-0.1, -0.05) is 71.9 Å². The molecule has 170 valence electrons. The van der Waals surface area contributed by atoms with Gasteiger partial charge in [-0.3, -0.25) is 9.59 Å². The second-order valence-electron chi connectivity index (χ2n) is 9.05. The van der Waals surface area contributed by atoms with Gasteiger partial charge in [0.2, 0.25) is 0 Å². The average molecular weight is 419 g/mol. The summed E-state index contributed by atoms with van der Waals surface area (Å²) in [6, 6.07) is 10.7. The van der Waals surface area contributed by atoms with Crippen molar-refractivity contribution in [2.75, 3.05) is 13.2 Å². The summed E-state index contributed by atoms with van der Waals surface area (Å²) in [4.78, 5) is 23.2. The lowest BCUT2D eigenvalue weighted by Crippen LogP contribution is -2.28. The minimum Gasteiger partial charge on any atom is -0.466 e. The Balaban J connectivity index is 2.87. The largest absolute Gasteiger partial charge is 0.466 e. The Morgan fingerprint density at radius 1 is 0.900 bits per heavy atom. The zero-order valence-electron chi connectivity index (χ0n) is 19.9. The Bertz CT molecular complexity index is 627. The number of benzene rings is 1. The quantitative estimate of drug-likeness (QED) is 0.322. The van der Waals surface area contributed by atoms with Gasteiger partial charge in [0, 0.05) is 12.8 Å². The maximum Gasteiger partial charge on any atom is 0.305 e. The highest BCUT2D eigenvalue weighted by atomic mass is 16.5. The van der Waals surface area contributed by atoms with Crippen molar-refractivity contribution in [2.24, 2.45) is 17.3 Å². The summed E-state index contributed by atoms with van der Waals surface area (Å²) in [7, 11) is 0. The first-order chi connectivity index (χ1) is 14.2. The number of ether oxygens (including phenoxy) is 2. The van der Waals surface area contributed by atoms with E-state index in [2.05, 4.69) is 58.0 Å². The molecule has 0 aliphatic heterocycles. The molecule has 0 radical (unpaired) electrons. The monoisotopic (exact) mass is 418 g/mol. The molecule has 0 aromatic heterocycles. The summed E-state index contributed by atoms with van der Waals surface area (Å²) in [5.41, 5.74) is 1.40. The standard InChI is InChI=1S/C26H42O4/c1-7-22(23-13-11-10-12-14-23)18-26(6,15-16-29-24(27)8-2)17-20(4)21(5)19-30-25(28)9-3/h10-14,20-22H,7-9,15-19H2,1-6H3. The summed E-state index contributed by atoms with van der Waals surface area (Å²) in [6.07, 6.45) is 4.79. The number of carbonyl (C=O) groups excluding carboxylic acids is 2. The Morgan fingerprint density at radius 2 is 1.50 bits per heavy atom. The molecule has 0 aliphatic rings. The predicted octanol–water partition coefficient (Wildman–Crippen LogP) is 6.54. The number of hydrogen-bond donors (Lipinski definition) is 0. The Kier molecular flexibility index (Phi) is 11.8. The van der Waals surface area contributed by atoms with E-state index in [4.69, 9.17) is 9.47 Å². The maximum absolute atomic E-state index is 11.6. The van der Waals surface area contributed by atoms with Gasteiger partial charge in [0.25, 0.3) is 0 Å². The molecule has 1 rings (SSSR count). The lowest BCUT2D eigenvalue weighted by Gasteiger charge is -2.37. The van der Waals surface area contributed by atoms with E-state index in [-0.39, 0.29) is 23.3 Å². The molecule has 1 aromatic carbocycles. The van der Waals surface area contributed by atoms with E-state index < -0.39 is 0 Å². The first-order valence-corrected chi connectivity index (χ1v) is 11.6. The molecule has 4 heteroatoms. The van der Waals surface area contributed by atoms with Crippen LogP contribution in [0.15, 0.2) is 30.3 Å². The van der Waals surface area contributed by atoms with Gasteiger partial charge in [-0.15, -0.1) is 0 Å². The Morgan fingerprint density at radius 3 is 2.07 bits per heavy atom. The van der Waals surface area contributed by atoms with Crippen molar-refractivity contribution in [3.05, 3.63) is 35.9 Å². The molecule has 4 atom stereocenters. The molecule has 0 amide bonds. The maximum atomic E-state index is 11.6. The number of hydrogen-bond acceptors (Lipinski definition) is 4. The fraction of sp³-hybridized carbons (Fsp3) is 0.692. The molecule has 1 aromatic rings. The van der Waals surface area contributed by atoms with Gasteiger partial charge >= 0.3 is 11.9 Å². The van der Waals surface area contributed by atoms with E-state index >= 15 is 0 Å². The van der Waals surface area contributed by atoms with Crippen molar-refractivity contribution in [1.82, 2.24) is 0 Å². The Hall–Kier alpha value is -1.84. The third-order valence-electron chi connectivity index (χ3n) is 6.34. The van der Waals surface area contributed by atoms with E-state index in [9.17, 15) is 9.59 Å². The third-order valence-corrected chi connectivity index (χ3v) is 6.34. The minimum absolute atomic E-state index is 0.0347. The van der Waals surface area contributed by atoms with E-state index in [1.165, 1.54) is 5.56 Å². The van der Waals surface area contributed by atoms with Crippen LogP contribution in [0.4, 0.5) is 0 Å². The fourth-order valence-electron chi connectivity index (χ4n) is 4.09. The van der Waals surface area contributed by atoms with Gasteiger partial charge in [-0.2, -0.15) is 0 Å². The molecule has 0 saturated carbocycles. The molecule has 4 nitrogen and oxygen atoms in total. The highest BCUT2D eigenvalue weighted by molar-refractivity contribution is 5.69. The summed E-state index contributed by atoms with van der Waals surface area (Å²) in [6.45, 7) is 13.5. The molecule has 0 fully saturated rings. The molecule has 0 N–H and O–H groups in total. The SMILES string of the molecule is CCC(=O)OCCC(C)(CC(CC)c1ccccc1)CC(C)C(C)COC(=O)CC. The Labute approximate surface area is 183 Å². The van der Waals surface area contributed by atoms with Crippen LogP contribution in [0, 0.1) is 17.3 Å². The molecule has 4 unspecified atom stereocenters. The number of esters is 2. The van der Waals surface area contributed by atoms with Crippen molar-refractivity contribution in [2.45, 2.75) is 86.0 Å². The van der Waals surface area contributed by atoms with Gasteiger partial charge in [0.15, 0.2) is 0 Å². The summed E-state index contributed by atoms with van der Waals surface area (Å²) >= 11 is 0. The van der Waals surface area contributed by atoms with Crippen LogP contribution < -0.4 is 0 Å². The van der Waals surface area contributed by atoms with Crippen molar-refractivity contribution >= 4 is 11.9 Å². The van der Waals surface area contributed by atoms with Crippen LogP contribution >= 0.6 is 0 Å². The second kappa shape index (κ2) is 13.5. The first kappa shape index (κ1) is 26.2. The van der Waals surface area contributed by atoms with Crippen LogP contribution in [0.25, 0.3) is 0 Å². The molecular formula is C26H42O4. The number of rotatable bonds is 14. The highest BCUT2D eigenvalue weighted by Crippen LogP contribution is 2.42. The molecule has 0 bridgehead atoms. The lowest BCUT2D eigenvalue weighted by molar-refractivity contribution is -0.145. The van der Waals surface area contributed by atoms with Crippen LogP contribution in [0.5, 0.6) is 0 Å². The van der Waals surface area contributed by atoms with Gasteiger partial charge in [-0.05, 0) is 54.4 Å². The van der Waals surface area contributed by atoms with Crippen molar-refractivity contribution in [1.29, 1.82) is 0 Å². The average Bonchev–Trinajstić information content (AvgIpc) is 2.75. The second-order valence-corrected chi connectivity index (χ2v) is 9.05. The van der Waals surface area contributed by atoms with Crippen LogP contribution in [0.3, 0.4) is 0 Å². The van der Waals surface area contributed by atoms with E-state index in [0.29, 0.717) is 37.9 Å². The van der Waals surface area contributed by atoms with Crippen LogP contribution in [0.2, 0.25) is 0 Å². The van der Waals surface area contributed by atoms with Gasteiger partial charge in [0.1, 0.15) is 0 Å². The van der Waals surface area contributed by atoms with Crippen molar-refractivity contribution < 1.29 is 19.1 Å². The lowest BCUT2D eigenvalue weighted by atomic mass is 9.69. The normalized spacial score (nSPS) is 16.2. The fourth-order valence-corrected chi connectivity index (χ4v) is 4.09. The van der Waals surface area contributed by atoms with Crippen LogP contribution in [-0.2, 0) is 19.1 Å². The van der Waals surface area contributed by atoms with Crippen LogP contribution in [-0.4, -0.2) is 25.2 Å². The summed E-state index contributed by atoms with van der Waals surface area (Å²) in [5.74, 6) is 0.877. The molecule has 0 aliphatic carbocycles. The molecule has 0 spiro atoms. The van der Waals surface area contributed by atoms with E-state index in [1.54, 1.807) is 0 Å². The van der Waals surface area contributed by atoms with Gasteiger partial charge in [0.05, 0.1) is 13.2 Å². The van der Waals surface area contributed by atoms with Gasteiger partial charge in [-0.25, -0.2) is 0 Å². The first-order valence-electron chi connectivity index (χ1n) is 11.6. The molecular weight excluding hydrogens is 376 g/mol. The number of carbonyl (C=O) groups is 2. The van der Waals surface area contributed by atoms with Gasteiger partial charge < -0.3 is 9.47 Å². The zero-order chi connectivity index (χ0) is 22.6. The van der Waals surface area contributed by atoms with E-state index in [1.807, 2.05) is 13.8 Å².